The second-order valence-corrected chi connectivity index (χ2v) is 6.82. The number of carbonyl (C=O) groups is 1. The molecule has 1 saturated heterocycles. The highest BCUT2D eigenvalue weighted by atomic mass is 16.2. The van der Waals surface area contributed by atoms with Crippen molar-refractivity contribution in [1.82, 2.24) is 10.2 Å². The van der Waals surface area contributed by atoms with E-state index in [1.165, 1.54) is 19.3 Å². The fourth-order valence-electron chi connectivity index (χ4n) is 3.62. The molecule has 3 nitrogen and oxygen atoms in total. The van der Waals surface area contributed by atoms with Crippen LogP contribution in [0.15, 0.2) is 12.2 Å². The van der Waals surface area contributed by atoms with Gasteiger partial charge in [0.1, 0.15) is 0 Å². The van der Waals surface area contributed by atoms with E-state index in [0.717, 1.165) is 26.2 Å². The van der Waals surface area contributed by atoms with Crippen LogP contribution in [0.4, 0.5) is 0 Å². The predicted octanol–water partition coefficient (Wildman–Crippen LogP) is 2.44. The molecule has 2 aliphatic rings. The van der Waals surface area contributed by atoms with Gasteiger partial charge >= 0.3 is 0 Å². The summed E-state index contributed by atoms with van der Waals surface area (Å²) in [7, 11) is 0. The van der Waals surface area contributed by atoms with Crippen LogP contribution in [0.3, 0.4) is 0 Å². The lowest BCUT2D eigenvalue weighted by atomic mass is 9.64. The minimum absolute atomic E-state index is 0.190. The number of piperazine rings is 1. The van der Waals surface area contributed by atoms with Crippen LogP contribution in [0, 0.1) is 17.3 Å². The highest BCUT2D eigenvalue weighted by Gasteiger charge is 2.35. The smallest absolute Gasteiger partial charge is 0.246 e. The van der Waals surface area contributed by atoms with Crippen molar-refractivity contribution in [2.45, 2.75) is 40.0 Å². The predicted molar refractivity (Wildman–Crippen MR) is 78.9 cm³/mol. The first kappa shape index (κ1) is 14.6. The van der Waals surface area contributed by atoms with Crippen LogP contribution < -0.4 is 5.32 Å². The first-order valence-electron chi connectivity index (χ1n) is 7.68. The number of hydrogen-bond acceptors (Lipinski definition) is 2. The van der Waals surface area contributed by atoms with Crippen LogP contribution in [-0.4, -0.2) is 37.0 Å². The molecule has 0 bridgehead atoms. The Balaban J connectivity index is 1.97. The van der Waals surface area contributed by atoms with Crippen molar-refractivity contribution < 1.29 is 4.79 Å². The molecular formula is C16H28N2O. The van der Waals surface area contributed by atoms with Crippen LogP contribution in [-0.2, 0) is 4.79 Å². The second kappa shape index (κ2) is 6.08. The van der Waals surface area contributed by atoms with Gasteiger partial charge in [0.25, 0.3) is 0 Å². The molecule has 0 aromatic carbocycles. The second-order valence-electron chi connectivity index (χ2n) is 6.82. The summed E-state index contributed by atoms with van der Waals surface area (Å²) in [6.45, 7) is 10.5. The molecule has 0 spiro atoms. The van der Waals surface area contributed by atoms with Crippen LogP contribution in [0.2, 0.25) is 0 Å². The van der Waals surface area contributed by atoms with E-state index >= 15 is 0 Å². The molecule has 2 fully saturated rings. The maximum Gasteiger partial charge on any atom is 0.246 e. The van der Waals surface area contributed by atoms with E-state index in [1.54, 1.807) is 0 Å². The summed E-state index contributed by atoms with van der Waals surface area (Å²) in [5, 5.41) is 3.28. The molecular weight excluding hydrogens is 236 g/mol. The molecule has 1 N–H and O–H groups in total. The Hall–Kier alpha value is -0.830. The van der Waals surface area contributed by atoms with Gasteiger partial charge < -0.3 is 10.2 Å². The van der Waals surface area contributed by atoms with Crippen LogP contribution in [0.1, 0.15) is 40.0 Å². The third kappa shape index (κ3) is 3.59. The number of rotatable bonds is 2. The molecule has 19 heavy (non-hydrogen) atoms. The van der Waals surface area contributed by atoms with Crippen molar-refractivity contribution in [3.63, 3.8) is 0 Å². The van der Waals surface area contributed by atoms with Gasteiger partial charge in [-0.25, -0.2) is 0 Å². The number of carbonyl (C=O) groups excluding carboxylic acids is 1. The molecule has 1 amide bonds. The Morgan fingerprint density at radius 3 is 2.63 bits per heavy atom. The third-order valence-electron chi connectivity index (χ3n) is 4.87. The largest absolute Gasteiger partial charge is 0.337 e. The summed E-state index contributed by atoms with van der Waals surface area (Å²) < 4.78 is 0. The zero-order valence-electron chi connectivity index (χ0n) is 12.6. The van der Waals surface area contributed by atoms with Gasteiger partial charge in [0, 0.05) is 26.2 Å². The topological polar surface area (TPSA) is 32.3 Å². The molecule has 2 atom stereocenters. The average molecular weight is 264 g/mol. The summed E-state index contributed by atoms with van der Waals surface area (Å²) in [6, 6.07) is 0. The van der Waals surface area contributed by atoms with Crippen LogP contribution >= 0.6 is 0 Å². The van der Waals surface area contributed by atoms with Gasteiger partial charge in [-0.3, -0.25) is 4.79 Å². The molecule has 2 rings (SSSR count). The molecule has 2 unspecified atom stereocenters. The molecule has 1 heterocycles. The van der Waals surface area contributed by atoms with Crippen molar-refractivity contribution >= 4 is 5.91 Å². The van der Waals surface area contributed by atoms with Gasteiger partial charge in [0.05, 0.1) is 0 Å². The fourth-order valence-corrected chi connectivity index (χ4v) is 3.62. The van der Waals surface area contributed by atoms with E-state index in [9.17, 15) is 4.79 Å². The van der Waals surface area contributed by atoms with E-state index < -0.39 is 0 Å². The summed E-state index contributed by atoms with van der Waals surface area (Å²) in [6.07, 6.45) is 7.91. The van der Waals surface area contributed by atoms with Gasteiger partial charge in [-0.15, -0.1) is 0 Å². The standard InChI is InChI=1S/C16H28N2O/c1-13-5-4-8-16(2,3)14(13)6-7-15(19)18-11-9-17-10-12-18/h6-7,13-14,17H,4-5,8-12H2,1-3H3/b7-6+. The lowest BCUT2D eigenvalue weighted by Gasteiger charge is -2.41. The van der Waals surface area contributed by atoms with E-state index in [-0.39, 0.29) is 5.91 Å². The molecule has 0 aromatic heterocycles. The number of hydrogen-bond donors (Lipinski definition) is 1. The number of nitrogens with one attached hydrogen (secondary N) is 1. The lowest BCUT2D eigenvalue weighted by molar-refractivity contribution is -0.126. The Kier molecular flexibility index (Phi) is 4.67. The quantitative estimate of drug-likeness (QED) is 0.777. The highest BCUT2D eigenvalue weighted by molar-refractivity contribution is 5.87. The molecule has 0 radical (unpaired) electrons. The SMILES string of the molecule is CC1CCCC(C)(C)C1/C=C/C(=O)N1CCNCC1. The van der Waals surface area contributed by atoms with E-state index in [4.69, 9.17) is 0 Å². The Bertz CT molecular complexity index is 343. The van der Waals surface area contributed by atoms with Crippen molar-refractivity contribution in [2.75, 3.05) is 26.2 Å². The van der Waals surface area contributed by atoms with Gasteiger partial charge in [-0.05, 0) is 29.7 Å². The molecule has 1 aliphatic carbocycles. The monoisotopic (exact) mass is 264 g/mol. The fraction of sp³-hybridized carbons (Fsp3) is 0.812. The van der Waals surface area contributed by atoms with Crippen molar-refractivity contribution in [3.8, 4) is 0 Å². The molecule has 1 aliphatic heterocycles. The summed E-state index contributed by atoms with van der Waals surface area (Å²) in [5.74, 6) is 1.42. The van der Waals surface area contributed by atoms with Crippen molar-refractivity contribution in [3.05, 3.63) is 12.2 Å². The first-order valence-corrected chi connectivity index (χ1v) is 7.68. The van der Waals surface area contributed by atoms with E-state index in [0.29, 0.717) is 17.3 Å². The van der Waals surface area contributed by atoms with Crippen LogP contribution in [0.5, 0.6) is 0 Å². The van der Waals surface area contributed by atoms with Gasteiger partial charge in [-0.2, -0.15) is 0 Å². The van der Waals surface area contributed by atoms with Gasteiger partial charge in [0.15, 0.2) is 0 Å². The van der Waals surface area contributed by atoms with Gasteiger partial charge in [0.2, 0.25) is 5.91 Å². The number of nitrogens with zero attached hydrogens (tertiary/aromatic N) is 1. The lowest BCUT2D eigenvalue weighted by Crippen LogP contribution is -2.46. The summed E-state index contributed by atoms with van der Waals surface area (Å²) in [5.41, 5.74) is 0.331. The van der Waals surface area contributed by atoms with Crippen LogP contribution in [0.25, 0.3) is 0 Å². The normalized spacial score (nSPS) is 31.6. The van der Waals surface area contributed by atoms with Crippen molar-refractivity contribution in [2.24, 2.45) is 17.3 Å². The minimum Gasteiger partial charge on any atom is -0.337 e. The maximum absolute atomic E-state index is 12.2. The maximum atomic E-state index is 12.2. The number of allylic oxidation sites excluding steroid dienone is 1. The van der Waals surface area contributed by atoms with E-state index in [1.807, 2.05) is 11.0 Å². The zero-order chi connectivity index (χ0) is 13.9. The molecule has 3 heteroatoms. The Morgan fingerprint density at radius 2 is 2.00 bits per heavy atom. The summed E-state index contributed by atoms with van der Waals surface area (Å²) in [4.78, 5) is 14.1. The van der Waals surface area contributed by atoms with E-state index in [2.05, 4.69) is 32.2 Å². The molecule has 1 saturated carbocycles. The minimum atomic E-state index is 0.190. The molecule has 0 aromatic rings. The third-order valence-corrected chi connectivity index (χ3v) is 4.87. The average Bonchev–Trinajstić information content (AvgIpc) is 2.38. The highest BCUT2D eigenvalue weighted by Crippen LogP contribution is 2.44. The van der Waals surface area contributed by atoms with Gasteiger partial charge in [-0.1, -0.05) is 39.7 Å². The summed E-state index contributed by atoms with van der Waals surface area (Å²) >= 11 is 0. The Labute approximate surface area is 117 Å². The zero-order valence-corrected chi connectivity index (χ0v) is 12.6. The Morgan fingerprint density at radius 1 is 1.32 bits per heavy atom. The first-order chi connectivity index (χ1) is 9.00. The number of amides is 1. The van der Waals surface area contributed by atoms with Crippen molar-refractivity contribution in [1.29, 1.82) is 0 Å². The molecule has 108 valence electrons.